The summed E-state index contributed by atoms with van der Waals surface area (Å²) in [7, 11) is -3.80. The number of H-pyrrole nitrogens is 1. The van der Waals surface area contributed by atoms with Gasteiger partial charge in [-0.25, -0.2) is 12.8 Å². The Hall–Kier alpha value is -3.04. The number of benzene rings is 2. The van der Waals surface area contributed by atoms with E-state index in [-0.39, 0.29) is 23.9 Å². The third kappa shape index (κ3) is 3.66. The van der Waals surface area contributed by atoms with Crippen LogP contribution in [0, 0.1) is 5.82 Å². The minimum atomic E-state index is -3.80. The zero-order valence-corrected chi connectivity index (χ0v) is 16.5. The van der Waals surface area contributed by atoms with E-state index >= 15 is 0 Å². The molecule has 3 aromatic rings. The number of anilines is 1. The number of fused-ring (bicyclic) bond motifs is 1. The molecule has 2 aromatic carbocycles. The van der Waals surface area contributed by atoms with Gasteiger partial charge in [-0.2, -0.15) is 9.40 Å². The number of rotatable bonds is 4. The lowest BCUT2D eigenvalue weighted by Crippen LogP contribution is -2.36. The number of aromatic amines is 1. The van der Waals surface area contributed by atoms with Crippen molar-refractivity contribution in [2.75, 3.05) is 11.9 Å². The van der Waals surface area contributed by atoms with Gasteiger partial charge in [-0.05, 0) is 30.3 Å². The number of nitrogens with zero attached hydrogens (tertiary/aromatic N) is 2. The molecular formula is C20H19FN4O3S. The van der Waals surface area contributed by atoms with Gasteiger partial charge in [0.15, 0.2) is 0 Å². The fourth-order valence-corrected chi connectivity index (χ4v) is 4.89. The Bertz CT molecular complexity index is 1190. The average Bonchev–Trinajstić information content (AvgIpc) is 3.11. The molecule has 150 valence electrons. The molecule has 1 aliphatic heterocycles. The van der Waals surface area contributed by atoms with E-state index < -0.39 is 15.8 Å². The molecule has 2 N–H and O–H groups in total. The lowest BCUT2D eigenvalue weighted by atomic mass is 10.0. The summed E-state index contributed by atoms with van der Waals surface area (Å²) in [6.07, 6.45) is 0.446. The molecule has 0 unspecified atom stereocenters. The fraction of sp³-hybridized carbons (Fsp3) is 0.200. The van der Waals surface area contributed by atoms with E-state index in [9.17, 15) is 17.6 Å². The van der Waals surface area contributed by atoms with Crippen LogP contribution in [0.5, 0.6) is 0 Å². The third-order valence-corrected chi connectivity index (χ3v) is 6.66. The molecule has 0 fully saturated rings. The maximum absolute atomic E-state index is 14.2. The summed E-state index contributed by atoms with van der Waals surface area (Å²) in [5.41, 5.74) is 2.64. The van der Waals surface area contributed by atoms with Crippen molar-refractivity contribution in [2.45, 2.75) is 24.8 Å². The summed E-state index contributed by atoms with van der Waals surface area (Å²) >= 11 is 0. The summed E-state index contributed by atoms with van der Waals surface area (Å²) in [5, 5.41) is 9.73. The van der Waals surface area contributed by atoms with Gasteiger partial charge in [0, 0.05) is 48.9 Å². The Balaban J connectivity index is 1.67. The number of hydrogen-bond donors (Lipinski definition) is 2. The van der Waals surface area contributed by atoms with Crippen molar-refractivity contribution in [2.24, 2.45) is 0 Å². The van der Waals surface area contributed by atoms with Crippen LogP contribution in [0.4, 0.5) is 10.1 Å². The van der Waals surface area contributed by atoms with Gasteiger partial charge < -0.3 is 5.32 Å². The first-order valence-electron chi connectivity index (χ1n) is 9.05. The number of aromatic nitrogens is 2. The smallest absolute Gasteiger partial charge is 0.243 e. The molecule has 0 radical (unpaired) electrons. The normalized spacial score (nSPS) is 14.4. The Kier molecular flexibility index (Phi) is 4.93. The summed E-state index contributed by atoms with van der Waals surface area (Å²) < 4.78 is 42.0. The van der Waals surface area contributed by atoms with Crippen LogP contribution in [0.1, 0.15) is 18.2 Å². The van der Waals surface area contributed by atoms with E-state index in [1.54, 1.807) is 30.3 Å². The van der Waals surface area contributed by atoms with E-state index in [2.05, 4.69) is 15.5 Å². The minimum absolute atomic E-state index is 0.0855. The van der Waals surface area contributed by atoms with Crippen molar-refractivity contribution in [3.8, 4) is 11.3 Å². The van der Waals surface area contributed by atoms with Crippen molar-refractivity contribution in [3.05, 3.63) is 65.6 Å². The standard InChI is InChI=1S/C20H19FN4O3S/c1-13(26)22-14-5-4-6-15(11-14)29(27,28)25-10-9-19-17(12-25)20(24-23-19)16-7-2-3-8-18(16)21/h2-8,11H,9-10,12H2,1H3,(H,22,26)(H,23,24). The first kappa shape index (κ1) is 19.3. The zero-order valence-electron chi connectivity index (χ0n) is 15.6. The maximum Gasteiger partial charge on any atom is 0.243 e. The molecule has 0 saturated carbocycles. The molecule has 0 bridgehead atoms. The van der Waals surface area contributed by atoms with Gasteiger partial charge in [0.1, 0.15) is 5.82 Å². The highest BCUT2D eigenvalue weighted by atomic mass is 32.2. The SMILES string of the molecule is CC(=O)Nc1cccc(S(=O)(=O)N2CCc3[nH]nc(-c4ccccc4F)c3C2)c1. The summed E-state index contributed by atoms with van der Waals surface area (Å²) in [6, 6.07) is 12.4. The highest BCUT2D eigenvalue weighted by Gasteiger charge is 2.32. The lowest BCUT2D eigenvalue weighted by Gasteiger charge is -2.26. The van der Waals surface area contributed by atoms with Crippen LogP contribution in [0.15, 0.2) is 53.4 Å². The van der Waals surface area contributed by atoms with Crippen LogP contribution in [-0.4, -0.2) is 35.4 Å². The van der Waals surface area contributed by atoms with Gasteiger partial charge in [-0.3, -0.25) is 9.89 Å². The van der Waals surface area contributed by atoms with Gasteiger partial charge in [0.2, 0.25) is 15.9 Å². The van der Waals surface area contributed by atoms with E-state index in [1.807, 2.05) is 0 Å². The number of carbonyl (C=O) groups excluding carboxylic acids is 1. The van der Waals surface area contributed by atoms with Crippen LogP contribution < -0.4 is 5.32 Å². The molecule has 4 rings (SSSR count). The third-order valence-electron chi connectivity index (χ3n) is 4.82. The Labute approximate surface area is 167 Å². The van der Waals surface area contributed by atoms with E-state index in [4.69, 9.17) is 0 Å². The molecule has 1 aromatic heterocycles. The average molecular weight is 414 g/mol. The van der Waals surface area contributed by atoms with E-state index in [1.165, 1.54) is 29.4 Å². The quantitative estimate of drug-likeness (QED) is 0.686. The monoisotopic (exact) mass is 414 g/mol. The lowest BCUT2D eigenvalue weighted by molar-refractivity contribution is -0.114. The number of amides is 1. The Morgan fingerprint density at radius 1 is 1.21 bits per heavy atom. The molecule has 1 amide bonds. The number of carbonyl (C=O) groups is 1. The molecule has 1 aliphatic rings. The molecule has 29 heavy (non-hydrogen) atoms. The Morgan fingerprint density at radius 3 is 2.76 bits per heavy atom. The van der Waals surface area contributed by atoms with E-state index in [0.29, 0.717) is 28.9 Å². The number of hydrogen-bond acceptors (Lipinski definition) is 4. The highest BCUT2D eigenvalue weighted by Crippen LogP contribution is 2.32. The molecule has 2 heterocycles. The van der Waals surface area contributed by atoms with Crippen molar-refractivity contribution < 1.29 is 17.6 Å². The fourth-order valence-electron chi connectivity index (χ4n) is 3.44. The van der Waals surface area contributed by atoms with Crippen LogP contribution in [0.2, 0.25) is 0 Å². The van der Waals surface area contributed by atoms with Crippen molar-refractivity contribution in [3.63, 3.8) is 0 Å². The second kappa shape index (κ2) is 7.41. The van der Waals surface area contributed by atoms with Gasteiger partial charge in [-0.15, -0.1) is 0 Å². The molecule has 0 aliphatic carbocycles. The van der Waals surface area contributed by atoms with Crippen molar-refractivity contribution in [1.82, 2.24) is 14.5 Å². The maximum atomic E-state index is 14.2. The second-order valence-electron chi connectivity index (χ2n) is 6.81. The molecule has 0 spiro atoms. The van der Waals surface area contributed by atoms with E-state index in [0.717, 1.165) is 5.69 Å². The highest BCUT2D eigenvalue weighted by molar-refractivity contribution is 7.89. The molecule has 7 nitrogen and oxygen atoms in total. The topological polar surface area (TPSA) is 95.2 Å². The molecule has 9 heteroatoms. The van der Waals surface area contributed by atoms with Crippen molar-refractivity contribution in [1.29, 1.82) is 0 Å². The molecule has 0 atom stereocenters. The second-order valence-corrected chi connectivity index (χ2v) is 8.74. The van der Waals surface area contributed by atoms with Crippen molar-refractivity contribution >= 4 is 21.6 Å². The molecular weight excluding hydrogens is 395 g/mol. The van der Waals surface area contributed by atoms with Crippen LogP contribution in [-0.2, 0) is 27.8 Å². The largest absolute Gasteiger partial charge is 0.326 e. The predicted molar refractivity (Wildman–Crippen MR) is 106 cm³/mol. The van der Waals surface area contributed by atoms with Gasteiger partial charge >= 0.3 is 0 Å². The minimum Gasteiger partial charge on any atom is -0.326 e. The number of sulfonamides is 1. The summed E-state index contributed by atoms with van der Waals surface area (Å²) in [5.74, 6) is -0.695. The Morgan fingerprint density at radius 2 is 2.00 bits per heavy atom. The summed E-state index contributed by atoms with van der Waals surface area (Å²) in [6.45, 7) is 1.72. The predicted octanol–water partition coefficient (Wildman–Crippen LogP) is 2.92. The number of halogens is 1. The van der Waals surface area contributed by atoms with Crippen LogP contribution in [0.25, 0.3) is 11.3 Å². The first-order valence-corrected chi connectivity index (χ1v) is 10.5. The van der Waals surface area contributed by atoms with Crippen LogP contribution in [0.3, 0.4) is 0 Å². The zero-order chi connectivity index (χ0) is 20.6. The summed E-state index contributed by atoms with van der Waals surface area (Å²) in [4.78, 5) is 11.4. The van der Waals surface area contributed by atoms with Crippen LogP contribution >= 0.6 is 0 Å². The molecule has 0 saturated heterocycles. The van der Waals surface area contributed by atoms with Gasteiger partial charge in [0.05, 0.1) is 10.6 Å². The first-order chi connectivity index (χ1) is 13.9. The van der Waals surface area contributed by atoms with Gasteiger partial charge in [-0.1, -0.05) is 18.2 Å². The number of nitrogens with one attached hydrogen (secondary N) is 2. The van der Waals surface area contributed by atoms with Gasteiger partial charge in [0.25, 0.3) is 0 Å².